The minimum atomic E-state index is -3.54. The van der Waals surface area contributed by atoms with Crippen LogP contribution in [0.3, 0.4) is 0 Å². The first-order chi connectivity index (χ1) is 14.6. The quantitative estimate of drug-likeness (QED) is 0.588. The maximum absolute atomic E-state index is 13.2. The average molecular weight is 444 g/mol. The molecule has 1 amide bonds. The molecule has 3 rings (SSSR count). The molecule has 2 aromatic carbocycles. The molecule has 0 aliphatic rings. The van der Waals surface area contributed by atoms with Gasteiger partial charge in [-0.25, -0.2) is 17.6 Å². The summed E-state index contributed by atoms with van der Waals surface area (Å²) in [4.78, 5) is 24.7. The third-order valence-electron chi connectivity index (χ3n) is 4.63. The standard InChI is InChI=1S/C22H21FN2O5S/c1-14-12-18(15(2)25(14)17-10-8-16(23)9-11-17)22(27)30-13-21(26)24-19-6-4-5-7-20(19)31(3,28)29/h4-12H,13H2,1-3H3,(H,24,26). The van der Waals surface area contributed by atoms with Gasteiger partial charge in [-0.1, -0.05) is 12.1 Å². The van der Waals surface area contributed by atoms with Crippen LogP contribution in [0.15, 0.2) is 59.5 Å². The van der Waals surface area contributed by atoms with Crippen molar-refractivity contribution >= 4 is 27.4 Å². The molecule has 0 saturated heterocycles. The van der Waals surface area contributed by atoms with Gasteiger partial charge >= 0.3 is 5.97 Å². The van der Waals surface area contributed by atoms with Gasteiger partial charge in [0.15, 0.2) is 16.4 Å². The van der Waals surface area contributed by atoms with E-state index < -0.39 is 28.3 Å². The number of nitrogens with zero attached hydrogens (tertiary/aromatic N) is 1. The lowest BCUT2D eigenvalue weighted by Crippen LogP contribution is -2.22. The monoisotopic (exact) mass is 444 g/mol. The number of anilines is 1. The Bertz CT molecular complexity index is 1250. The van der Waals surface area contributed by atoms with Crippen molar-refractivity contribution in [1.29, 1.82) is 0 Å². The predicted molar refractivity (Wildman–Crippen MR) is 114 cm³/mol. The fourth-order valence-electron chi connectivity index (χ4n) is 3.25. The van der Waals surface area contributed by atoms with Crippen LogP contribution in [-0.4, -0.2) is 37.7 Å². The van der Waals surface area contributed by atoms with Crippen molar-refractivity contribution in [3.63, 3.8) is 0 Å². The number of esters is 1. The van der Waals surface area contributed by atoms with Crippen molar-refractivity contribution in [3.8, 4) is 5.69 Å². The van der Waals surface area contributed by atoms with Gasteiger partial charge in [-0.15, -0.1) is 0 Å². The van der Waals surface area contributed by atoms with E-state index in [1.807, 2.05) is 0 Å². The summed E-state index contributed by atoms with van der Waals surface area (Å²) in [6.45, 7) is 2.93. The number of ether oxygens (including phenoxy) is 1. The fraction of sp³-hybridized carbons (Fsp3) is 0.182. The fourth-order valence-corrected chi connectivity index (χ4v) is 4.09. The maximum atomic E-state index is 13.2. The number of nitrogens with one attached hydrogen (secondary N) is 1. The number of aromatic nitrogens is 1. The highest BCUT2D eigenvalue weighted by Gasteiger charge is 2.20. The molecule has 9 heteroatoms. The SMILES string of the molecule is Cc1cc(C(=O)OCC(=O)Nc2ccccc2S(C)(=O)=O)c(C)n1-c1ccc(F)cc1. The van der Waals surface area contributed by atoms with Crippen LogP contribution in [-0.2, 0) is 19.4 Å². The number of hydrogen-bond donors (Lipinski definition) is 1. The minimum Gasteiger partial charge on any atom is -0.452 e. The summed E-state index contributed by atoms with van der Waals surface area (Å²) in [5.74, 6) is -1.74. The lowest BCUT2D eigenvalue weighted by atomic mass is 10.2. The number of rotatable bonds is 6. The number of carbonyl (C=O) groups is 2. The van der Waals surface area contributed by atoms with Crippen LogP contribution >= 0.6 is 0 Å². The van der Waals surface area contributed by atoms with E-state index in [2.05, 4.69) is 5.32 Å². The van der Waals surface area contributed by atoms with Gasteiger partial charge in [-0.2, -0.15) is 0 Å². The highest BCUT2D eigenvalue weighted by atomic mass is 32.2. The van der Waals surface area contributed by atoms with Gasteiger partial charge in [-0.3, -0.25) is 4.79 Å². The Balaban J connectivity index is 1.71. The van der Waals surface area contributed by atoms with Crippen molar-refractivity contribution in [2.75, 3.05) is 18.2 Å². The van der Waals surface area contributed by atoms with E-state index in [9.17, 15) is 22.4 Å². The Morgan fingerprint density at radius 1 is 1.06 bits per heavy atom. The molecule has 0 unspecified atom stereocenters. The zero-order chi connectivity index (χ0) is 22.8. The highest BCUT2D eigenvalue weighted by Crippen LogP contribution is 2.22. The van der Waals surface area contributed by atoms with Crippen molar-refractivity contribution < 1.29 is 27.1 Å². The molecular weight excluding hydrogens is 423 g/mol. The second-order valence-electron chi connectivity index (χ2n) is 6.99. The van der Waals surface area contributed by atoms with Crippen LogP contribution in [0.5, 0.6) is 0 Å². The van der Waals surface area contributed by atoms with Crippen LogP contribution in [0.25, 0.3) is 5.69 Å². The van der Waals surface area contributed by atoms with E-state index in [-0.39, 0.29) is 22.0 Å². The predicted octanol–water partition coefficient (Wildman–Crippen LogP) is 3.43. The van der Waals surface area contributed by atoms with Crippen LogP contribution in [0, 0.1) is 19.7 Å². The van der Waals surface area contributed by atoms with E-state index in [1.54, 1.807) is 48.7 Å². The van der Waals surface area contributed by atoms with Gasteiger partial charge in [0.1, 0.15) is 5.82 Å². The van der Waals surface area contributed by atoms with Crippen LogP contribution in [0.2, 0.25) is 0 Å². The molecule has 0 saturated carbocycles. The first kappa shape index (κ1) is 22.2. The van der Waals surface area contributed by atoms with E-state index in [4.69, 9.17) is 4.74 Å². The number of amides is 1. The number of para-hydroxylation sites is 1. The van der Waals surface area contributed by atoms with Crippen molar-refractivity contribution in [2.45, 2.75) is 18.7 Å². The molecule has 0 spiro atoms. The van der Waals surface area contributed by atoms with Crippen LogP contribution < -0.4 is 5.32 Å². The van der Waals surface area contributed by atoms with Crippen LogP contribution in [0.4, 0.5) is 10.1 Å². The summed E-state index contributed by atoms with van der Waals surface area (Å²) in [6, 6.07) is 13.4. The normalized spacial score (nSPS) is 11.2. The molecule has 0 bridgehead atoms. The summed E-state index contributed by atoms with van der Waals surface area (Å²) in [6.07, 6.45) is 1.04. The summed E-state index contributed by atoms with van der Waals surface area (Å²) >= 11 is 0. The van der Waals surface area contributed by atoms with Crippen LogP contribution in [0.1, 0.15) is 21.7 Å². The largest absolute Gasteiger partial charge is 0.452 e. The van der Waals surface area contributed by atoms with E-state index in [0.717, 1.165) is 11.9 Å². The number of halogens is 1. The minimum absolute atomic E-state index is 0.0301. The van der Waals surface area contributed by atoms with Gasteiger partial charge in [0.2, 0.25) is 0 Å². The Labute approximate surface area is 179 Å². The summed E-state index contributed by atoms with van der Waals surface area (Å²) in [5.41, 5.74) is 2.39. The number of hydrogen-bond acceptors (Lipinski definition) is 5. The van der Waals surface area contributed by atoms with Gasteiger partial charge in [0.25, 0.3) is 5.91 Å². The molecule has 0 fully saturated rings. The molecule has 1 aromatic heterocycles. The molecular formula is C22H21FN2O5S. The topological polar surface area (TPSA) is 94.5 Å². The van der Waals surface area contributed by atoms with Crippen molar-refractivity contribution in [1.82, 2.24) is 4.57 Å². The maximum Gasteiger partial charge on any atom is 0.340 e. The lowest BCUT2D eigenvalue weighted by molar-refractivity contribution is -0.119. The van der Waals surface area contributed by atoms with E-state index in [1.165, 1.54) is 24.3 Å². The molecule has 31 heavy (non-hydrogen) atoms. The van der Waals surface area contributed by atoms with E-state index >= 15 is 0 Å². The van der Waals surface area contributed by atoms with Gasteiger partial charge < -0.3 is 14.6 Å². The first-order valence-corrected chi connectivity index (χ1v) is 11.2. The molecule has 1 N–H and O–H groups in total. The molecule has 0 aliphatic heterocycles. The third kappa shape index (κ3) is 5.00. The second kappa shape index (κ2) is 8.73. The highest BCUT2D eigenvalue weighted by molar-refractivity contribution is 7.90. The lowest BCUT2D eigenvalue weighted by Gasteiger charge is -2.11. The molecule has 0 atom stereocenters. The smallest absolute Gasteiger partial charge is 0.340 e. The summed E-state index contributed by atoms with van der Waals surface area (Å²) in [7, 11) is -3.54. The zero-order valence-electron chi connectivity index (χ0n) is 17.2. The second-order valence-corrected chi connectivity index (χ2v) is 8.97. The molecule has 0 radical (unpaired) electrons. The van der Waals surface area contributed by atoms with Gasteiger partial charge in [0.05, 0.1) is 16.1 Å². The number of sulfone groups is 1. The van der Waals surface area contributed by atoms with Gasteiger partial charge in [0, 0.05) is 23.3 Å². The number of benzene rings is 2. The molecule has 7 nitrogen and oxygen atoms in total. The molecule has 3 aromatic rings. The zero-order valence-corrected chi connectivity index (χ0v) is 18.0. The Morgan fingerprint density at radius 3 is 2.35 bits per heavy atom. The Kier molecular flexibility index (Phi) is 6.26. The number of carbonyl (C=O) groups excluding carboxylic acids is 2. The Hall–Kier alpha value is -3.46. The number of aryl methyl sites for hydroxylation is 1. The molecule has 0 aliphatic carbocycles. The van der Waals surface area contributed by atoms with Crippen molar-refractivity contribution in [2.24, 2.45) is 0 Å². The first-order valence-electron chi connectivity index (χ1n) is 9.29. The molecule has 162 valence electrons. The van der Waals surface area contributed by atoms with Gasteiger partial charge in [-0.05, 0) is 56.3 Å². The van der Waals surface area contributed by atoms with E-state index in [0.29, 0.717) is 11.4 Å². The summed E-state index contributed by atoms with van der Waals surface area (Å²) < 4.78 is 43.8. The summed E-state index contributed by atoms with van der Waals surface area (Å²) in [5, 5.41) is 2.45. The third-order valence-corrected chi connectivity index (χ3v) is 5.79. The Morgan fingerprint density at radius 2 is 1.71 bits per heavy atom. The molecule has 1 heterocycles. The average Bonchev–Trinajstić information content (AvgIpc) is 3.01. The van der Waals surface area contributed by atoms with Crippen molar-refractivity contribution in [3.05, 3.63) is 77.4 Å².